The third kappa shape index (κ3) is 2.92. The van der Waals surface area contributed by atoms with E-state index >= 15 is 0 Å². The van der Waals surface area contributed by atoms with Gasteiger partial charge in [-0.3, -0.25) is 4.98 Å². The third-order valence-corrected chi connectivity index (χ3v) is 12.4. The van der Waals surface area contributed by atoms with Gasteiger partial charge in [-0.2, -0.15) is 0 Å². The van der Waals surface area contributed by atoms with Crippen molar-refractivity contribution in [1.82, 2.24) is 4.98 Å². The van der Waals surface area contributed by atoms with E-state index in [1.807, 2.05) is 13.3 Å². The molecule has 1 aromatic heterocycles. The van der Waals surface area contributed by atoms with Gasteiger partial charge in [-0.1, -0.05) is 39.8 Å². The molecule has 5 aliphatic carbocycles. The Morgan fingerprint density at radius 2 is 2.00 bits per heavy atom. The summed E-state index contributed by atoms with van der Waals surface area (Å²) in [6, 6.07) is 4.29. The Morgan fingerprint density at radius 3 is 2.76 bits per heavy atom. The lowest BCUT2D eigenvalue weighted by Crippen LogP contribution is -2.57. The van der Waals surface area contributed by atoms with Crippen LogP contribution in [0.25, 0.3) is 6.08 Å². The van der Waals surface area contributed by atoms with Crippen LogP contribution in [0.3, 0.4) is 0 Å². The smallest absolute Gasteiger partial charge is 0.0658 e. The number of rotatable bonds is 5. The standard InChI is InChI=1S/C31H45NO/c1-6-21-8-7-17-32-27(21)12-9-20(2)24-10-11-25-23-18-28(33-5)31-19-22(31)13-16-30(31,4)26(23)14-15-29(24,25)3/h7-9,12,17,20,22-26,28H,6,10-11,13-16,18-19H2,1-5H3/b12-9+/t20-,22-,23+,24-,25+,26+,28?,29-,30-,31?/m1/s1. The molecule has 0 saturated heterocycles. The summed E-state index contributed by atoms with van der Waals surface area (Å²) >= 11 is 0. The molecule has 0 radical (unpaired) electrons. The number of pyridine rings is 1. The number of aromatic nitrogens is 1. The molecule has 0 amide bonds. The highest BCUT2D eigenvalue weighted by Gasteiger charge is 2.77. The van der Waals surface area contributed by atoms with Crippen molar-refractivity contribution in [3.05, 3.63) is 35.7 Å². The molecule has 0 N–H and O–H groups in total. The maximum atomic E-state index is 6.31. The maximum Gasteiger partial charge on any atom is 0.0658 e. The molecule has 33 heavy (non-hydrogen) atoms. The molecule has 2 heteroatoms. The zero-order valence-corrected chi connectivity index (χ0v) is 21.6. The first-order valence-corrected chi connectivity index (χ1v) is 14.0. The first-order valence-electron chi connectivity index (χ1n) is 14.0. The predicted molar refractivity (Wildman–Crippen MR) is 136 cm³/mol. The minimum atomic E-state index is 0.489. The van der Waals surface area contributed by atoms with E-state index in [9.17, 15) is 0 Å². The molecule has 10 atom stereocenters. The fourth-order valence-electron chi connectivity index (χ4n) is 10.8. The van der Waals surface area contributed by atoms with Crippen LogP contribution in [0, 0.1) is 51.8 Å². The van der Waals surface area contributed by atoms with Crippen LogP contribution in [0.2, 0.25) is 0 Å². The van der Waals surface area contributed by atoms with Crippen LogP contribution in [0.5, 0.6) is 0 Å². The minimum Gasteiger partial charge on any atom is -0.381 e. The largest absolute Gasteiger partial charge is 0.381 e. The van der Waals surface area contributed by atoms with E-state index in [4.69, 9.17) is 4.74 Å². The molecule has 1 aromatic rings. The first-order chi connectivity index (χ1) is 15.9. The first kappa shape index (κ1) is 22.3. The minimum absolute atomic E-state index is 0.489. The SMILES string of the molecule is CCc1cccnc1/C=C/[C@@H](C)[C@H]1CC[C@H]2[C@@H]3CC(OC)C45C[C@H]4CC[C@]5(C)[C@H]3CC[C@]12C. The van der Waals surface area contributed by atoms with Gasteiger partial charge in [0.25, 0.3) is 0 Å². The van der Waals surface area contributed by atoms with E-state index in [1.54, 1.807) is 0 Å². The Balaban J connectivity index is 1.24. The zero-order chi connectivity index (χ0) is 23.0. The summed E-state index contributed by atoms with van der Waals surface area (Å²) in [5, 5.41) is 0. The van der Waals surface area contributed by atoms with Gasteiger partial charge in [-0.25, -0.2) is 0 Å². The summed E-state index contributed by atoms with van der Waals surface area (Å²) in [6.45, 7) is 10.1. The van der Waals surface area contributed by atoms with Crippen molar-refractivity contribution in [3.63, 3.8) is 0 Å². The number of nitrogens with zero attached hydrogens (tertiary/aromatic N) is 1. The molecule has 0 aromatic carbocycles. The van der Waals surface area contributed by atoms with Crippen LogP contribution in [0.4, 0.5) is 0 Å². The Labute approximate surface area is 202 Å². The molecule has 0 bridgehead atoms. The van der Waals surface area contributed by atoms with Gasteiger partial charge in [-0.15, -0.1) is 0 Å². The van der Waals surface area contributed by atoms with Crippen molar-refractivity contribution >= 4 is 6.08 Å². The maximum absolute atomic E-state index is 6.31. The van der Waals surface area contributed by atoms with Crippen molar-refractivity contribution in [2.75, 3.05) is 7.11 Å². The van der Waals surface area contributed by atoms with Crippen LogP contribution in [0.1, 0.15) is 90.3 Å². The highest BCUT2D eigenvalue weighted by molar-refractivity contribution is 5.49. The second kappa shape index (κ2) is 7.67. The topological polar surface area (TPSA) is 22.1 Å². The monoisotopic (exact) mass is 447 g/mol. The van der Waals surface area contributed by atoms with E-state index < -0.39 is 0 Å². The van der Waals surface area contributed by atoms with E-state index in [2.05, 4.69) is 57.0 Å². The second-order valence-electron chi connectivity index (χ2n) is 13.1. The summed E-state index contributed by atoms with van der Waals surface area (Å²) in [5.74, 6) is 5.11. The van der Waals surface area contributed by atoms with Crippen molar-refractivity contribution in [1.29, 1.82) is 0 Å². The second-order valence-corrected chi connectivity index (χ2v) is 13.1. The Hall–Kier alpha value is -1.15. The highest BCUT2D eigenvalue weighted by atomic mass is 16.5. The van der Waals surface area contributed by atoms with Crippen LogP contribution in [-0.4, -0.2) is 18.2 Å². The normalized spacial score (nSPS) is 48.8. The average Bonchev–Trinajstić information content (AvgIpc) is 3.33. The molecule has 5 fully saturated rings. The number of methoxy groups -OCH3 is 1. The lowest BCUT2D eigenvalue weighted by Gasteiger charge is -2.61. The number of aryl methyl sites for hydroxylation is 1. The van der Waals surface area contributed by atoms with Gasteiger partial charge in [0.1, 0.15) is 0 Å². The van der Waals surface area contributed by atoms with Gasteiger partial charge >= 0.3 is 0 Å². The average molecular weight is 448 g/mol. The number of allylic oxidation sites excluding steroid dienone is 1. The van der Waals surface area contributed by atoms with E-state index in [0.717, 1.165) is 36.0 Å². The fourth-order valence-corrected chi connectivity index (χ4v) is 10.8. The zero-order valence-electron chi connectivity index (χ0n) is 21.6. The Bertz CT molecular complexity index is 939. The molecule has 180 valence electrons. The van der Waals surface area contributed by atoms with Gasteiger partial charge in [-0.05, 0) is 122 Å². The molecule has 5 aliphatic rings. The molecule has 2 unspecified atom stereocenters. The van der Waals surface area contributed by atoms with Crippen LogP contribution in [0.15, 0.2) is 24.4 Å². The molecule has 1 heterocycles. The number of fused-ring (bicyclic) bond motifs is 4. The summed E-state index contributed by atoms with van der Waals surface area (Å²) < 4.78 is 6.31. The quantitative estimate of drug-likeness (QED) is 0.464. The van der Waals surface area contributed by atoms with Crippen LogP contribution in [-0.2, 0) is 11.2 Å². The predicted octanol–water partition coefficient (Wildman–Crippen LogP) is 7.58. The number of hydrogen-bond acceptors (Lipinski definition) is 2. The molecular formula is C31H45NO. The van der Waals surface area contributed by atoms with E-state index in [-0.39, 0.29) is 0 Å². The summed E-state index contributed by atoms with van der Waals surface area (Å²) in [5.41, 5.74) is 4.11. The molecule has 0 aliphatic heterocycles. The van der Waals surface area contributed by atoms with Gasteiger partial charge in [0, 0.05) is 18.7 Å². The summed E-state index contributed by atoms with van der Waals surface area (Å²) in [4.78, 5) is 4.67. The van der Waals surface area contributed by atoms with E-state index in [1.165, 1.54) is 62.6 Å². The van der Waals surface area contributed by atoms with Gasteiger partial charge < -0.3 is 4.74 Å². The summed E-state index contributed by atoms with van der Waals surface area (Å²) in [7, 11) is 2.02. The fraction of sp³-hybridized carbons (Fsp3) is 0.774. The molecule has 1 spiro atoms. The van der Waals surface area contributed by atoms with Crippen molar-refractivity contribution in [2.45, 2.75) is 91.6 Å². The van der Waals surface area contributed by atoms with Crippen molar-refractivity contribution in [3.8, 4) is 0 Å². The van der Waals surface area contributed by atoms with Gasteiger partial charge in [0.2, 0.25) is 0 Å². The Morgan fingerprint density at radius 1 is 1.15 bits per heavy atom. The van der Waals surface area contributed by atoms with Gasteiger partial charge in [0.05, 0.1) is 11.8 Å². The summed E-state index contributed by atoms with van der Waals surface area (Å²) in [6.07, 6.45) is 19.8. The van der Waals surface area contributed by atoms with Crippen molar-refractivity contribution < 1.29 is 4.74 Å². The lowest BCUT2D eigenvalue weighted by atomic mass is 9.45. The number of ether oxygens (including phenoxy) is 1. The lowest BCUT2D eigenvalue weighted by molar-refractivity contribution is -0.160. The van der Waals surface area contributed by atoms with Gasteiger partial charge in [0.15, 0.2) is 0 Å². The molecule has 6 rings (SSSR count). The highest BCUT2D eigenvalue weighted by Crippen LogP contribution is 2.82. The third-order valence-electron chi connectivity index (χ3n) is 12.4. The molecule has 2 nitrogen and oxygen atoms in total. The van der Waals surface area contributed by atoms with Crippen molar-refractivity contribution in [2.24, 2.45) is 51.8 Å². The number of hydrogen-bond donors (Lipinski definition) is 0. The van der Waals surface area contributed by atoms with E-state index in [0.29, 0.717) is 28.3 Å². The Kier molecular flexibility index (Phi) is 5.19. The van der Waals surface area contributed by atoms with Crippen LogP contribution >= 0.6 is 0 Å². The molecule has 5 saturated carbocycles. The van der Waals surface area contributed by atoms with Crippen LogP contribution < -0.4 is 0 Å². The molecular weight excluding hydrogens is 402 g/mol.